The van der Waals surface area contributed by atoms with Gasteiger partial charge in [-0.1, -0.05) is 45.2 Å². The minimum atomic E-state index is 0.732. The van der Waals surface area contributed by atoms with Crippen LogP contribution in [0.4, 0.5) is 0 Å². The van der Waals surface area contributed by atoms with Gasteiger partial charge in [0.05, 0.1) is 0 Å². The molecule has 0 aliphatic heterocycles. The molecule has 0 N–H and O–H groups in total. The van der Waals surface area contributed by atoms with E-state index in [1.807, 2.05) is 19.9 Å². The highest BCUT2D eigenvalue weighted by atomic mass is 32.1. The van der Waals surface area contributed by atoms with Gasteiger partial charge in [0, 0.05) is 5.75 Å². The summed E-state index contributed by atoms with van der Waals surface area (Å²) in [7, 11) is 0. The summed E-state index contributed by atoms with van der Waals surface area (Å²) >= 11 is 4.04. The quantitative estimate of drug-likeness (QED) is 0.470. The van der Waals surface area contributed by atoms with Crippen LogP contribution in [0.5, 0.6) is 0 Å². The summed E-state index contributed by atoms with van der Waals surface area (Å²) in [6.45, 7) is 11.1. The molecule has 0 bridgehead atoms. The van der Waals surface area contributed by atoms with Gasteiger partial charge < -0.3 is 0 Å². The Bertz CT molecular complexity index is 112. The molecule has 0 fully saturated rings. The van der Waals surface area contributed by atoms with Crippen LogP contribution in [0.1, 0.15) is 13.8 Å². The molecule has 0 aromatic rings. The van der Waals surface area contributed by atoms with E-state index in [4.69, 9.17) is 0 Å². The van der Waals surface area contributed by atoms with Crippen LogP contribution in [0.3, 0.4) is 0 Å². The first-order valence-corrected chi connectivity index (χ1v) is 4.03. The first-order chi connectivity index (χ1) is 4.85. The van der Waals surface area contributed by atoms with Gasteiger partial charge >= 0.3 is 0 Å². The molecule has 0 radical (unpaired) electrons. The van der Waals surface area contributed by atoms with Crippen LogP contribution in [0.25, 0.3) is 0 Å². The molecule has 0 nitrogen and oxygen atoms in total. The Labute approximate surface area is 69.8 Å². The Balaban J connectivity index is 0. The highest BCUT2D eigenvalue weighted by molar-refractivity contribution is 7.80. The van der Waals surface area contributed by atoms with Crippen LogP contribution in [0, 0.1) is 0 Å². The fourth-order valence-corrected chi connectivity index (χ4v) is 0.571. The van der Waals surface area contributed by atoms with Gasteiger partial charge in [-0.05, 0) is 5.57 Å². The molecule has 0 saturated heterocycles. The van der Waals surface area contributed by atoms with Crippen molar-refractivity contribution in [3.63, 3.8) is 0 Å². The second kappa shape index (κ2) is 11.4. The van der Waals surface area contributed by atoms with E-state index in [0.717, 1.165) is 11.3 Å². The fourth-order valence-electron chi connectivity index (χ4n) is 0.337. The van der Waals surface area contributed by atoms with E-state index in [0.29, 0.717) is 0 Å². The van der Waals surface area contributed by atoms with Crippen LogP contribution in [0.2, 0.25) is 0 Å². The Morgan fingerprint density at radius 2 is 1.90 bits per heavy atom. The van der Waals surface area contributed by atoms with E-state index in [1.165, 1.54) is 0 Å². The zero-order valence-electron chi connectivity index (χ0n) is 6.80. The van der Waals surface area contributed by atoms with Crippen molar-refractivity contribution in [2.45, 2.75) is 13.8 Å². The molecule has 0 aliphatic carbocycles. The van der Waals surface area contributed by atoms with Crippen molar-refractivity contribution in [2.24, 2.45) is 0 Å². The lowest BCUT2D eigenvalue weighted by Crippen LogP contribution is -1.74. The molecule has 0 amide bonds. The van der Waals surface area contributed by atoms with Gasteiger partial charge in [-0.25, -0.2) is 0 Å². The maximum atomic E-state index is 4.04. The van der Waals surface area contributed by atoms with Crippen molar-refractivity contribution >= 4 is 12.6 Å². The lowest BCUT2D eigenvalue weighted by atomic mass is 10.3. The van der Waals surface area contributed by atoms with Gasteiger partial charge in [-0.3, -0.25) is 0 Å². The second-order valence-corrected chi connectivity index (χ2v) is 1.66. The Morgan fingerprint density at radius 3 is 2.00 bits per heavy atom. The molecular weight excluding hydrogens is 140 g/mol. The standard InChI is InChI=1S/C7H10S.C2H6/c1-3-5-7(4-2)6-8;1-2/h3-5,8H,1-2,6H2;1-2H3/b7-5+;. The van der Waals surface area contributed by atoms with Gasteiger partial charge in [0.1, 0.15) is 0 Å². The molecule has 0 atom stereocenters. The van der Waals surface area contributed by atoms with Crippen LogP contribution >= 0.6 is 12.6 Å². The molecule has 0 aromatic carbocycles. The smallest absolute Gasteiger partial charge is 0.0154 e. The molecule has 0 spiro atoms. The normalized spacial score (nSPS) is 9.30. The second-order valence-electron chi connectivity index (χ2n) is 1.34. The Morgan fingerprint density at radius 1 is 1.40 bits per heavy atom. The highest BCUT2D eigenvalue weighted by Crippen LogP contribution is 1.96. The number of rotatable bonds is 3. The largest absolute Gasteiger partial charge is 0.175 e. The fraction of sp³-hybridized carbons (Fsp3) is 0.333. The van der Waals surface area contributed by atoms with Gasteiger partial charge in [0.25, 0.3) is 0 Å². The van der Waals surface area contributed by atoms with Crippen LogP contribution in [-0.4, -0.2) is 5.75 Å². The van der Waals surface area contributed by atoms with E-state index >= 15 is 0 Å². The average molecular weight is 156 g/mol. The van der Waals surface area contributed by atoms with Crippen molar-refractivity contribution in [1.29, 1.82) is 0 Å². The van der Waals surface area contributed by atoms with E-state index in [1.54, 1.807) is 12.2 Å². The molecule has 0 aliphatic rings. The maximum absolute atomic E-state index is 4.04. The van der Waals surface area contributed by atoms with E-state index in [2.05, 4.69) is 25.8 Å². The zero-order valence-corrected chi connectivity index (χ0v) is 7.70. The minimum absolute atomic E-state index is 0.732. The molecule has 0 unspecified atom stereocenters. The first kappa shape index (κ1) is 12.3. The predicted molar refractivity (Wildman–Crippen MR) is 53.7 cm³/mol. The summed E-state index contributed by atoms with van der Waals surface area (Å²) in [5.74, 6) is 0.732. The molecular formula is C9H16S. The minimum Gasteiger partial charge on any atom is -0.175 e. The third-order valence-corrected chi connectivity index (χ3v) is 1.14. The molecule has 58 valence electrons. The summed E-state index contributed by atoms with van der Waals surface area (Å²) in [5, 5.41) is 0. The van der Waals surface area contributed by atoms with E-state index < -0.39 is 0 Å². The van der Waals surface area contributed by atoms with Gasteiger partial charge in [0.2, 0.25) is 0 Å². The molecule has 0 rings (SSSR count). The van der Waals surface area contributed by atoms with Crippen molar-refractivity contribution in [3.05, 3.63) is 37.0 Å². The van der Waals surface area contributed by atoms with Gasteiger partial charge in [-0.15, -0.1) is 0 Å². The van der Waals surface area contributed by atoms with E-state index in [-0.39, 0.29) is 0 Å². The summed E-state index contributed by atoms with van der Waals surface area (Å²) in [5.41, 5.74) is 1.10. The third-order valence-electron chi connectivity index (χ3n) is 0.777. The highest BCUT2D eigenvalue weighted by Gasteiger charge is 1.79. The monoisotopic (exact) mass is 156 g/mol. The topological polar surface area (TPSA) is 0 Å². The number of hydrogen-bond acceptors (Lipinski definition) is 1. The van der Waals surface area contributed by atoms with E-state index in [9.17, 15) is 0 Å². The third kappa shape index (κ3) is 7.57. The summed E-state index contributed by atoms with van der Waals surface area (Å²) in [6, 6.07) is 0. The van der Waals surface area contributed by atoms with Gasteiger partial charge in [-0.2, -0.15) is 12.6 Å². The summed E-state index contributed by atoms with van der Waals surface area (Å²) in [4.78, 5) is 0. The maximum Gasteiger partial charge on any atom is 0.0154 e. The Kier molecular flexibility index (Phi) is 14.0. The predicted octanol–water partition coefficient (Wildman–Crippen LogP) is 3.24. The van der Waals surface area contributed by atoms with Gasteiger partial charge in [0.15, 0.2) is 0 Å². The summed E-state index contributed by atoms with van der Waals surface area (Å²) in [6.07, 6.45) is 5.39. The number of hydrogen-bond donors (Lipinski definition) is 1. The average Bonchev–Trinajstić information content (AvgIpc) is 2.04. The van der Waals surface area contributed by atoms with Crippen LogP contribution < -0.4 is 0 Å². The summed E-state index contributed by atoms with van der Waals surface area (Å²) < 4.78 is 0. The zero-order chi connectivity index (χ0) is 8.41. The first-order valence-electron chi connectivity index (χ1n) is 3.40. The number of thiol groups is 1. The number of allylic oxidation sites excluding steroid dienone is 3. The van der Waals surface area contributed by atoms with Crippen molar-refractivity contribution in [3.8, 4) is 0 Å². The SMILES string of the molecule is C=C/C=C(\C=C)CS.CC. The van der Waals surface area contributed by atoms with Crippen LogP contribution in [-0.2, 0) is 0 Å². The van der Waals surface area contributed by atoms with Crippen molar-refractivity contribution in [1.82, 2.24) is 0 Å². The van der Waals surface area contributed by atoms with Crippen molar-refractivity contribution in [2.75, 3.05) is 5.75 Å². The molecule has 1 heteroatoms. The Hall–Kier alpha value is -0.430. The lowest BCUT2D eigenvalue weighted by Gasteiger charge is -1.88. The van der Waals surface area contributed by atoms with Crippen LogP contribution in [0.15, 0.2) is 37.0 Å². The lowest BCUT2D eigenvalue weighted by molar-refractivity contribution is 1.50. The van der Waals surface area contributed by atoms with Crippen molar-refractivity contribution < 1.29 is 0 Å². The molecule has 0 aromatic heterocycles. The molecule has 10 heavy (non-hydrogen) atoms. The molecule has 0 saturated carbocycles. The molecule has 0 heterocycles.